The molecule has 1 heterocycles. The zero-order chi connectivity index (χ0) is 18.5. The monoisotopic (exact) mass is 358 g/mol. The molecule has 144 valence electrons. The Morgan fingerprint density at radius 1 is 1.12 bits per heavy atom. The van der Waals surface area contributed by atoms with E-state index in [4.69, 9.17) is 9.73 Å². The van der Waals surface area contributed by atoms with Crippen molar-refractivity contribution in [3.05, 3.63) is 42.0 Å². The van der Waals surface area contributed by atoms with Gasteiger partial charge in [0.05, 0.1) is 6.54 Å². The Labute approximate surface area is 158 Å². The van der Waals surface area contributed by atoms with Gasteiger partial charge in [-0.25, -0.2) is 4.99 Å². The number of guanidine groups is 1. The second-order valence-corrected chi connectivity index (χ2v) is 6.49. The summed E-state index contributed by atoms with van der Waals surface area (Å²) >= 11 is 0. The molecule has 0 aromatic heterocycles. The van der Waals surface area contributed by atoms with Crippen molar-refractivity contribution in [1.29, 1.82) is 0 Å². The van der Waals surface area contributed by atoms with E-state index in [-0.39, 0.29) is 0 Å². The summed E-state index contributed by atoms with van der Waals surface area (Å²) in [6, 6.07) is 8.66. The van der Waals surface area contributed by atoms with E-state index < -0.39 is 0 Å². The van der Waals surface area contributed by atoms with Gasteiger partial charge in [0.25, 0.3) is 0 Å². The lowest BCUT2D eigenvalue weighted by Gasteiger charge is -2.18. The van der Waals surface area contributed by atoms with Crippen molar-refractivity contribution in [3.63, 3.8) is 0 Å². The van der Waals surface area contributed by atoms with Crippen molar-refractivity contribution in [3.8, 4) is 0 Å². The standard InChI is InChI=1S/C21H34N4O/c1-3-5-15-26-16-9-12-23-21(22-4-2)24-18-19-10-8-11-20(17-19)25-13-6-7-14-25/h6-8,10-11,17H,3-5,9,12-16,18H2,1-2H3,(H2,22,23,24). The summed E-state index contributed by atoms with van der Waals surface area (Å²) in [5.41, 5.74) is 2.50. The van der Waals surface area contributed by atoms with Gasteiger partial charge < -0.3 is 20.3 Å². The molecule has 2 rings (SSSR count). The smallest absolute Gasteiger partial charge is 0.191 e. The Hall–Kier alpha value is -2.01. The normalized spacial score (nSPS) is 14.1. The molecule has 0 spiro atoms. The maximum atomic E-state index is 5.60. The molecule has 0 bridgehead atoms. The topological polar surface area (TPSA) is 48.9 Å². The molecule has 5 heteroatoms. The molecular weight excluding hydrogens is 324 g/mol. The second-order valence-electron chi connectivity index (χ2n) is 6.49. The SMILES string of the molecule is CCCCOCCCNC(=NCc1cccc(N2CC=CC2)c1)NCC. The third-order valence-electron chi connectivity index (χ3n) is 4.26. The van der Waals surface area contributed by atoms with E-state index in [1.54, 1.807) is 0 Å². The molecule has 1 aliphatic heterocycles. The highest BCUT2D eigenvalue weighted by Crippen LogP contribution is 2.18. The minimum Gasteiger partial charge on any atom is -0.381 e. The van der Waals surface area contributed by atoms with E-state index in [9.17, 15) is 0 Å². The van der Waals surface area contributed by atoms with Crippen molar-refractivity contribution in [2.75, 3.05) is 44.3 Å². The van der Waals surface area contributed by atoms with E-state index in [2.05, 4.69) is 65.8 Å². The molecule has 0 unspecified atom stereocenters. The van der Waals surface area contributed by atoms with Crippen molar-refractivity contribution in [1.82, 2.24) is 10.6 Å². The summed E-state index contributed by atoms with van der Waals surface area (Å²) in [4.78, 5) is 7.07. The van der Waals surface area contributed by atoms with Crippen molar-refractivity contribution in [2.45, 2.75) is 39.7 Å². The van der Waals surface area contributed by atoms with E-state index >= 15 is 0 Å². The van der Waals surface area contributed by atoms with Gasteiger partial charge in [-0.3, -0.25) is 0 Å². The lowest BCUT2D eigenvalue weighted by atomic mass is 10.2. The highest BCUT2D eigenvalue weighted by Gasteiger charge is 2.07. The quantitative estimate of drug-likeness (QED) is 0.276. The lowest BCUT2D eigenvalue weighted by Crippen LogP contribution is -2.38. The highest BCUT2D eigenvalue weighted by molar-refractivity contribution is 5.79. The second kappa shape index (κ2) is 12.4. The molecule has 1 aromatic rings. The first-order valence-electron chi connectivity index (χ1n) is 9.92. The van der Waals surface area contributed by atoms with Crippen LogP contribution in [-0.4, -0.2) is 45.4 Å². The average Bonchev–Trinajstić information content (AvgIpc) is 3.20. The molecule has 26 heavy (non-hydrogen) atoms. The summed E-state index contributed by atoms with van der Waals surface area (Å²) < 4.78 is 5.60. The Balaban J connectivity index is 1.77. The Bertz CT molecular complexity index is 563. The van der Waals surface area contributed by atoms with Crippen LogP contribution in [-0.2, 0) is 11.3 Å². The van der Waals surface area contributed by atoms with Gasteiger partial charge in [-0.2, -0.15) is 0 Å². The van der Waals surface area contributed by atoms with Crippen LogP contribution in [0.3, 0.4) is 0 Å². The number of unbranched alkanes of at least 4 members (excludes halogenated alkanes) is 1. The molecule has 0 fully saturated rings. The number of hydrogen-bond donors (Lipinski definition) is 2. The zero-order valence-corrected chi connectivity index (χ0v) is 16.3. The molecule has 0 saturated heterocycles. The fourth-order valence-corrected chi connectivity index (χ4v) is 2.78. The minimum atomic E-state index is 0.678. The van der Waals surface area contributed by atoms with E-state index in [1.165, 1.54) is 17.7 Å². The van der Waals surface area contributed by atoms with Crippen LogP contribution in [0.2, 0.25) is 0 Å². The minimum absolute atomic E-state index is 0.678. The Morgan fingerprint density at radius 2 is 1.92 bits per heavy atom. The van der Waals surface area contributed by atoms with Crippen molar-refractivity contribution < 1.29 is 4.74 Å². The molecule has 1 aromatic carbocycles. The molecular formula is C21H34N4O. The van der Waals surface area contributed by atoms with Crippen LogP contribution in [0.15, 0.2) is 41.4 Å². The first kappa shape index (κ1) is 20.3. The van der Waals surface area contributed by atoms with Crippen LogP contribution in [0.1, 0.15) is 38.7 Å². The number of anilines is 1. The molecule has 0 amide bonds. The molecule has 0 aliphatic carbocycles. The van der Waals surface area contributed by atoms with Crippen LogP contribution >= 0.6 is 0 Å². The van der Waals surface area contributed by atoms with Gasteiger partial charge in [0.2, 0.25) is 0 Å². The van der Waals surface area contributed by atoms with Crippen molar-refractivity contribution >= 4 is 11.6 Å². The van der Waals surface area contributed by atoms with Gasteiger partial charge in [0.15, 0.2) is 5.96 Å². The van der Waals surface area contributed by atoms with Gasteiger partial charge in [-0.1, -0.05) is 37.6 Å². The number of nitrogens with zero attached hydrogens (tertiary/aromatic N) is 2. The largest absolute Gasteiger partial charge is 0.381 e. The number of aliphatic imine (C=N–C) groups is 1. The van der Waals surface area contributed by atoms with Gasteiger partial charge in [0.1, 0.15) is 0 Å². The number of hydrogen-bond acceptors (Lipinski definition) is 3. The maximum absolute atomic E-state index is 5.60. The van der Waals surface area contributed by atoms with Gasteiger partial charge in [-0.05, 0) is 37.5 Å². The van der Waals surface area contributed by atoms with E-state index in [1.807, 2.05) is 0 Å². The van der Waals surface area contributed by atoms with Gasteiger partial charge in [0, 0.05) is 45.1 Å². The number of rotatable bonds is 11. The Kier molecular flexibility index (Phi) is 9.65. The van der Waals surface area contributed by atoms with Gasteiger partial charge >= 0.3 is 0 Å². The molecule has 2 N–H and O–H groups in total. The fraction of sp³-hybridized carbons (Fsp3) is 0.571. The van der Waals surface area contributed by atoms with E-state index in [0.29, 0.717) is 6.54 Å². The summed E-state index contributed by atoms with van der Waals surface area (Å²) in [6.07, 6.45) is 7.74. The van der Waals surface area contributed by atoms with Gasteiger partial charge in [-0.15, -0.1) is 0 Å². The molecule has 0 atom stereocenters. The number of nitrogens with one attached hydrogen (secondary N) is 2. The molecule has 5 nitrogen and oxygen atoms in total. The number of benzene rings is 1. The fourth-order valence-electron chi connectivity index (χ4n) is 2.78. The number of ether oxygens (including phenoxy) is 1. The van der Waals surface area contributed by atoms with E-state index in [0.717, 1.165) is 58.2 Å². The molecule has 0 radical (unpaired) electrons. The summed E-state index contributed by atoms with van der Waals surface area (Å²) in [5.74, 6) is 0.870. The predicted octanol–water partition coefficient (Wildman–Crippen LogP) is 3.32. The summed E-state index contributed by atoms with van der Waals surface area (Å²) in [7, 11) is 0. The summed E-state index contributed by atoms with van der Waals surface area (Å²) in [5, 5.41) is 6.70. The van der Waals surface area contributed by atoms with Crippen LogP contribution in [0.4, 0.5) is 5.69 Å². The lowest BCUT2D eigenvalue weighted by molar-refractivity contribution is 0.129. The first-order valence-corrected chi connectivity index (χ1v) is 9.92. The first-order chi connectivity index (χ1) is 12.8. The zero-order valence-electron chi connectivity index (χ0n) is 16.3. The van der Waals surface area contributed by atoms with Crippen molar-refractivity contribution in [2.24, 2.45) is 4.99 Å². The third-order valence-corrected chi connectivity index (χ3v) is 4.26. The Morgan fingerprint density at radius 3 is 2.69 bits per heavy atom. The van der Waals surface area contributed by atoms with Crippen LogP contribution in [0, 0.1) is 0 Å². The predicted molar refractivity (Wildman–Crippen MR) is 111 cm³/mol. The van der Waals surface area contributed by atoms with Crippen LogP contribution in [0.5, 0.6) is 0 Å². The highest BCUT2D eigenvalue weighted by atomic mass is 16.5. The maximum Gasteiger partial charge on any atom is 0.191 e. The van der Waals surface area contributed by atoms with Crippen LogP contribution < -0.4 is 15.5 Å². The molecule has 1 aliphatic rings. The third kappa shape index (κ3) is 7.48. The van der Waals surface area contributed by atoms with Crippen LogP contribution in [0.25, 0.3) is 0 Å². The average molecular weight is 359 g/mol. The summed E-state index contributed by atoms with van der Waals surface area (Å²) in [6.45, 7) is 10.3. The molecule has 0 saturated carbocycles.